The van der Waals surface area contributed by atoms with Gasteiger partial charge in [0.05, 0.1) is 15.3 Å². The van der Waals surface area contributed by atoms with E-state index in [-0.39, 0.29) is 0 Å². The molecule has 19 heavy (non-hydrogen) atoms. The highest BCUT2D eigenvalue weighted by atomic mass is 32.2. The summed E-state index contributed by atoms with van der Waals surface area (Å²) >= 11 is 0. The summed E-state index contributed by atoms with van der Waals surface area (Å²) < 4.78 is 23.8. The van der Waals surface area contributed by atoms with Crippen LogP contribution in [0.3, 0.4) is 0 Å². The Morgan fingerprint density at radius 3 is 2.05 bits per heavy atom. The standard InChI is InChI=1S/C15H17NO2S/c1-15(2,3)19(17,18)13-9-7-12(8-10-13)14-6-4-5-11-16-14/h4-11H,1-3H3. The molecule has 3 nitrogen and oxygen atoms in total. The van der Waals surface area contributed by atoms with Crippen LogP contribution >= 0.6 is 0 Å². The fourth-order valence-electron chi connectivity index (χ4n) is 1.69. The van der Waals surface area contributed by atoms with Gasteiger partial charge < -0.3 is 0 Å². The Morgan fingerprint density at radius 2 is 1.58 bits per heavy atom. The van der Waals surface area contributed by atoms with Crippen LogP contribution in [0.1, 0.15) is 20.8 Å². The third kappa shape index (κ3) is 2.68. The summed E-state index contributed by atoms with van der Waals surface area (Å²) in [7, 11) is -3.30. The molecule has 0 spiro atoms. The minimum atomic E-state index is -3.30. The normalized spacial score (nSPS) is 12.4. The van der Waals surface area contributed by atoms with E-state index in [2.05, 4.69) is 4.98 Å². The fourth-order valence-corrected chi connectivity index (χ4v) is 2.89. The van der Waals surface area contributed by atoms with Gasteiger partial charge in [-0.1, -0.05) is 18.2 Å². The number of pyridine rings is 1. The molecule has 1 heterocycles. The molecule has 0 radical (unpaired) electrons. The number of rotatable bonds is 2. The van der Waals surface area contributed by atoms with E-state index in [9.17, 15) is 8.42 Å². The van der Waals surface area contributed by atoms with E-state index >= 15 is 0 Å². The first-order valence-corrected chi connectivity index (χ1v) is 7.57. The Bertz CT molecular complexity index is 654. The van der Waals surface area contributed by atoms with Gasteiger partial charge in [-0.05, 0) is 45.0 Å². The summed E-state index contributed by atoms with van der Waals surface area (Å²) in [6.07, 6.45) is 1.72. The minimum Gasteiger partial charge on any atom is -0.256 e. The predicted octanol–water partition coefficient (Wildman–Crippen LogP) is 3.32. The van der Waals surface area contributed by atoms with Gasteiger partial charge in [0.1, 0.15) is 0 Å². The van der Waals surface area contributed by atoms with Gasteiger partial charge in [-0.15, -0.1) is 0 Å². The summed E-state index contributed by atoms with van der Waals surface area (Å²) in [4.78, 5) is 4.59. The Balaban J connectivity index is 2.40. The predicted molar refractivity (Wildman–Crippen MR) is 76.6 cm³/mol. The highest BCUT2D eigenvalue weighted by Crippen LogP contribution is 2.26. The molecule has 0 N–H and O–H groups in total. The summed E-state index contributed by atoms with van der Waals surface area (Å²) in [6.45, 7) is 5.11. The molecule has 4 heteroatoms. The number of hydrogen-bond acceptors (Lipinski definition) is 3. The molecule has 100 valence electrons. The lowest BCUT2D eigenvalue weighted by molar-refractivity contribution is 0.560. The van der Waals surface area contributed by atoms with E-state index in [1.54, 1.807) is 51.2 Å². The van der Waals surface area contributed by atoms with Gasteiger partial charge in [-0.2, -0.15) is 0 Å². The maximum atomic E-state index is 12.3. The molecule has 0 aliphatic heterocycles. The van der Waals surface area contributed by atoms with Gasteiger partial charge in [0, 0.05) is 11.8 Å². The summed E-state index contributed by atoms with van der Waals surface area (Å²) in [5, 5.41) is 0. The lowest BCUT2D eigenvalue weighted by atomic mass is 10.1. The lowest BCUT2D eigenvalue weighted by Crippen LogP contribution is -2.27. The molecule has 0 unspecified atom stereocenters. The third-order valence-corrected chi connectivity index (χ3v) is 5.44. The zero-order valence-corrected chi connectivity index (χ0v) is 12.1. The number of sulfone groups is 1. The van der Waals surface area contributed by atoms with Crippen molar-refractivity contribution < 1.29 is 8.42 Å². The van der Waals surface area contributed by atoms with Gasteiger partial charge in [-0.25, -0.2) is 8.42 Å². The van der Waals surface area contributed by atoms with Crippen molar-refractivity contribution in [2.75, 3.05) is 0 Å². The first kappa shape index (κ1) is 13.7. The van der Waals surface area contributed by atoms with Crippen LogP contribution in [0, 0.1) is 0 Å². The molecule has 0 saturated heterocycles. The molecule has 0 amide bonds. The number of nitrogens with zero attached hydrogens (tertiary/aromatic N) is 1. The first-order chi connectivity index (χ1) is 8.82. The quantitative estimate of drug-likeness (QED) is 0.844. The highest BCUT2D eigenvalue weighted by Gasteiger charge is 2.30. The summed E-state index contributed by atoms with van der Waals surface area (Å²) in [6, 6.07) is 12.5. The highest BCUT2D eigenvalue weighted by molar-refractivity contribution is 7.92. The van der Waals surface area contributed by atoms with Crippen molar-refractivity contribution in [2.24, 2.45) is 0 Å². The van der Waals surface area contributed by atoms with Crippen molar-refractivity contribution >= 4 is 9.84 Å². The third-order valence-electron chi connectivity index (χ3n) is 2.93. The molecule has 0 bridgehead atoms. The van der Waals surface area contributed by atoms with Crippen LogP contribution in [0.5, 0.6) is 0 Å². The number of hydrogen-bond donors (Lipinski definition) is 0. The van der Waals surface area contributed by atoms with Gasteiger partial charge >= 0.3 is 0 Å². The van der Waals surface area contributed by atoms with Gasteiger partial charge in [-0.3, -0.25) is 4.98 Å². The molecule has 0 atom stereocenters. The van der Waals surface area contributed by atoms with Crippen LogP contribution in [0.15, 0.2) is 53.6 Å². The molecule has 0 saturated carbocycles. The summed E-state index contributed by atoms with van der Waals surface area (Å²) in [5.74, 6) is 0. The molecule has 1 aromatic heterocycles. The van der Waals surface area contributed by atoms with Crippen LogP contribution in [0.4, 0.5) is 0 Å². The topological polar surface area (TPSA) is 47.0 Å². The van der Waals surface area contributed by atoms with Crippen LogP contribution in [0.25, 0.3) is 11.3 Å². The molecule has 0 fully saturated rings. The Kier molecular flexibility index (Phi) is 3.45. The molecule has 2 aromatic rings. The molecule has 0 aliphatic rings. The van der Waals surface area contributed by atoms with Crippen molar-refractivity contribution in [1.29, 1.82) is 0 Å². The van der Waals surface area contributed by atoms with Crippen LogP contribution < -0.4 is 0 Å². The van der Waals surface area contributed by atoms with Gasteiger partial charge in [0.15, 0.2) is 9.84 Å². The maximum Gasteiger partial charge on any atom is 0.183 e. The average Bonchev–Trinajstić information content (AvgIpc) is 2.39. The molecular formula is C15H17NO2S. The smallest absolute Gasteiger partial charge is 0.183 e. The number of aromatic nitrogens is 1. The van der Waals surface area contributed by atoms with E-state index in [4.69, 9.17) is 0 Å². The van der Waals surface area contributed by atoms with E-state index in [0.717, 1.165) is 11.3 Å². The molecule has 0 aliphatic carbocycles. The number of benzene rings is 1. The van der Waals surface area contributed by atoms with Gasteiger partial charge in [0.25, 0.3) is 0 Å². The summed E-state index contributed by atoms with van der Waals surface area (Å²) in [5.41, 5.74) is 1.75. The first-order valence-electron chi connectivity index (χ1n) is 6.08. The monoisotopic (exact) mass is 275 g/mol. The zero-order valence-electron chi connectivity index (χ0n) is 11.3. The van der Waals surface area contributed by atoms with Crippen LogP contribution in [0.2, 0.25) is 0 Å². The van der Waals surface area contributed by atoms with Crippen molar-refractivity contribution in [1.82, 2.24) is 4.98 Å². The van der Waals surface area contributed by atoms with Crippen molar-refractivity contribution in [3.8, 4) is 11.3 Å². The van der Waals surface area contributed by atoms with Crippen LogP contribution in [-0.2, 0) is 9.84 Å². The zero-order chi connectivity index (χ0) is 14.1. The molecule has 1 aromatic carbocycles. The minimum absolute atomic E-state index is 0.347. The van der Waals surface area contributed by atoms with Gasteiger partial charge in [0.2, 0.25) is 0 Å². The van der Waals surface area contributed by atoms with Crippen molar-refractivity contribution in [3.05, 3.63) is 48.7 Å². The SMILES string of the molecule is CC(C)(C)S(=O)(=O)c1ccc(-c2ccccn2)cc1. The Labute approximate surface area is 114 Å². The maximum absolute atomic E-state index is 12.3. The van der Waals surface area contributed by atoms with E-state index in [0.29, 0.717) is 4.90 Å². The molecule has 2 rings (SSSR count). The lowest BCUT2D eigenvalue weighted by Gasteiger charge is -2.19. The van der Waals surface area contributed by atoms with E-state index in [1.807, 2.05) is 18.2 Å². The average molecular weight is 275 g/mol. The van der Waals surface area contributed by atoms with E-state index < -0.39 is 14.6 Å². The molecular weight excluding hydrogens is 258 g/mol. The Hall–Kier alpha value is -1.68. The second-order valence-corrected chi connectivity index (χ2v) is 8.06. The van der Waals surface area contributed by atoms with Crippen molar-refractivity contribution in [2.45, 2.75) is 30.4 Å². The second kappa shape index (κ2) is 4.78. The van der Waals surface area contributed by atoms with Crippen molar-refractivity contribution in [3.63, 3.8) is 0 Å². The van der Waals surface area contributed by atoms with Crippen LogP contribution in [-0.4, -0.2) is 18.1 Å². The Morgan fingerprint density at radius 1 is 0.947 bits per heavy atom. The second-order valence-electron chi connectivity index (χ2n) is 5.36. The van der Waals surface area contributed by atoms with E-state index in [1.165, 1.54) is 0 Å². The largest absolute Gasteiger partial charge is 0.256 e. The fraction of sp³-hybridized carbons (Fsp3) is 0.267.